The molecule has 2 atom stereocenters. The molecule has 7 heteroatoms. The summed E-state index contributed by atoms with van der Waals surface area (Å²) in [5.74, 6) is 0.000436. The molecule has 1 rings (SSSR count). The number of hydrogen-bond acceptors (Lipinski definition) is 5. The zero-order chi connectivity index (χ0) is 12.8. The number of amides is 1. The molecule has 1 heterocycles. The summed E-state index contributed by atoms with van der Waals surface area (Å²) in [6.07, 6.45) is 3.69. The van der Waals surface area contributed by atoms with Crippen LogP contribution in [-0.4, -0.2) is 38.5 Å². The van der Waals surface area contributed by atoms with Gasteiger partial charge in [0.2, 0.25) is 12.2 Å². The molecule has 0 fully saturated rings. The maximum atomic E-state index is 12.0. The first kappa shape index (κ1) is 13.9. The molecule has 0 saturated carbocycles. The van der Waals surface area contributed by atoms with Crippen molar-refractivity contribution >= 4 is 40.6 Å². The number of carbonyl (C=O) groups is 2. The van der Waals surface area contributed by atoms with E-state index < -0.39 is 15.4 Å². The molecule has 2 unspecified atom stereocenters. The fourth-order valence-corrected chi connectivity index (χ4v) is 3.07. The summed E-state index contributed by atoms with van der Waals surface area (Å²) in [6.45, 7) is 0. The number of nitrogens with one attached hydrogen (secondary N) is 1. The molecule has 0 saturated heterocycles. The lowest BCUT2D eigenvalue weighted by molar-refractivity contribution is -0.105. The van der Waals surface area contributed by atoms with Crippen molar-refractivity contribution in [3.8, 4) is 0 Å². The molecule has 0 bridgehead atoms. The molecular weight excluding hydrogens is 260 g/mol. The van der Waals surface area contributed by atoms with Crippen LogP contribution in [0, 0.1) is 0 Å². The number of pyridine rings is 1. The number of rotatable bonds is 6. The maximum absolute atomic E-state index is 12.0. The molecule has 1 N–H and O–H groups in total. The van der Waals surface area contributed by atoms with Gasteiger partial charge in [-0.05, 0) is 18.4 Å². The molecule has 0 aromatic carbocycles. The summed E-state index contributed by atoms with van der Waals surface area (Å²) in [4.78, 5) is 26.2. The van der Waals surface area contributed by atoms with Crippen LogP contribution >= 0.6 is 11.8 Å². The minimum absolute atomic E-state index is 0.200. The van der Waals surface area contributed by atoms with Gasteiger partial charge >= 0.3 is 0 Å². The minimum atomic E-state index is -1.26. The second kappa shape index (κ2) is 6.51. The molecule has 0 radical (unpaired) electrons. The van der Waals surface area contributed by atoms with Gasteiger partial charge < -0.3 is 5.32 Å². The van der Waals surface area contributed by atoms with Crippen LogP contribution in [0.2, 0.25) is 0 Å². The number of hydrogen-bond donors (Lipinski definition) is 1. The van der Waals surface area contributed by atoms with Gasteiger partial charge in [0.1, 0.15) is 16.1 Å². The van der Waals surface area contributed by atoms with Crippen molar-refractivity contribution in [1.29, 1.82) is 0 Å². The van der Waals surface area contributed by atoms with Crippen LogP contribution in [0.15, 0.2) is 18.2 Å². The zero-order valence-electron chi connectivity index (χ0n) is 9.38. The van der Waals surface area contributed by atoms with E-state index in [9.17, 15) is 13.8 Å². The first-order valence-corrected chi connectivity index (χ1v) is 7.57. The monoisotopic (exact) mass is 272 g/mol. The largest absolute Gasteiger partial charge is 0.313 e. The zero-order valence-corrected chi connectivity index (χ0v) is 11.0. The van der Waals surface area contributed by atoms with Crippen molar-refractivity contribution in [2.24, 2.45) is 0 Å². The summed E-state index contributed by atoms with van der Waals surface area (Å²) >= 11 is 1.22. The number of ketones is 1. The van der Waals surface area contributed by atoms with Crippen LogP contribution in [0.25, 0.3) is 0 Å². The average molecular weight is 272 g/mol. The SMILES string of the molecule is CSC(C(=O)c1cccc(NC=O)n1)S(C)=O. The molecule has 1 aromatic rings. The molecule has 0 aliphatic rings. The number of Topliss-reactive ketones (excluding diaryl/α,β-unsaturated/α-hetero) is 1. The second-order valence-electron chi connectivity index (χ2n) is 3.10. The lowest BCUT2D eigenvalue weighted by atomic mass is 10.2. The number of nitrogens with zero attached hydrogens (tertiary/aromatic N) is 1. The van der Waals surface area contributed by atoms with Gasteiger partial charge in [-0.15, -0.1) is 11.8 Å². The summed E-state index contributed by atoms with van der Waals surface area (Å²) in [5, 5.41) is 2.36. The van der Waals surface area contributed by atoms with E-state index in [1.807, 2.05) is 0 Å². The molecule has 5 nitrogen and oxygen atoms in total. The summed E-state index contributed by atoms with van der Waals surface area (Å²) in [6, 6.07) is 4.72. The van der Waals surface area contributed by atoms with Gasteiger partial charge in [0.25, 0.3) is 0 Å². The standard InChI is InChI=1S/C10H12N2O3S2/c1-16-10(17(2)15)9(14)7-4-3-5-8(12-7)11-6-13/h3-6,10H,1-2H3,(H,11,12,13). The van der Waals surface area contributed by atoms with E-state index in [-0.39, 0.29) is 11.5 Å². The maximum Gasteiger partial charge on any atom is 0.212 e. The van der Waals surface area contributed by atoms with Crippen molar-refractivity contribution in [3.05, 3.63) is 23.9 Å². The number of aromatic nitrogens is 1. The van der Waals surface area contributed by atoms with Gasteiger partial charge in [0.15, 0.2) is 0 Å². The van der Waals surface area contributed by atoms with Gasteiger partial charge in [0, 0.05) is 17.1 Å². The molecular formula is C10H12N2O3S2. The molecule has 1 aromatic heterocycles. The lowest BCUT2D eigenvalue weighted by Crippen LogP contribution is -2.22. The Labute approximate surface area is 106 Å². The summed E-state index contributed by atoms with van der Waals surface area (Å²) in [7, 11) is -1.26. The van der Waals surface area contributed by atoms with E-state index in [1.165, 1.54) is 24.1 Å². The van der Waals surface area contributed by atoms with Crippen LogP contribution < -0.4 is 5.32 Å². The highest BCUT2D eigenvalue weighted by molar-refractivity contribution is 8.11. The van der Waals surface area contributed by atoms with Crippen molar-refractivity contribution in [3.63, 3.8) is 0 Å². The van der Waals surface area contributed by atoms with Crippen LogP contribution in [0.1, 0.15) is 10.5 Å². The number of carbonyl (C=O) groups excluding carboxylic acids is 2. The van der Waals surface area contributed by atoms with Crippen LogP contribution in [-0.2, 0) is 15.6 Å². The van der Waals surface area contributed by atoms with Gasteiger partial charge in [-0.2, -0.15) is 0 Å². The molecule has 1 amide bonds. The molecule has 0 aliphatic heterocycles. The Balaban J connectivity index is 2.98. The third-order valence-corrected chi connectivity index (χ3v) is 4.79. The van der Waals surface area contributed by atoms with Crippen LogP contribution in [0.3, 0.4) is 0 Å². The van der Waals surface area contributed by atoms with Crippen LogP contribution in [0.4, 0.5) is 5.82 Å². The summed E-state index contributed by atoms with van der Waals surface area (Å²) < 4.78 is 10.7. The quantitative estimate of drug-likeness (QED) is 0.615. The highest BCUT2D eigenvalue weighted by Gasteiger charge is 2.23. The fourth-order valence-electron chi connectivity index (χ4n) is 1.23. The average Bonchev–Trinajstić information content (AvgIpc) is 2.30. The number of anilines is 1. The minimum Gasteiger partial charge on any atom is -0.313 e. The smallest absolute Gasteiger partial charge is 0.212 e. The Hall–Kier alpha value is -1.21. The first-order valence-electron chi connectivity index (χ1n) is 4.66. The van der Waals surface area contributed by atoms with Gasteiger partial charge in [0.05, 0.1) is 0 Å². The van der Waals surface area contributed by atoms with E-state index in [2.05, 4.69) is 10.3 Å². The normalized spacial score (nSPS) is 13.8. The Kier molecular flexibility index (Phi) is 5.30. The fraction of sp³-hybridized carbons (Fsp3) is 0.300. The van der Waals surface area contributed by atoms with Gasteiger partial charge in [-0.1, -0.05) is 6.07 Å². The van der Waals surface area contributed by atoms with Gasteiger partial charge in [-0.3, -0.25) is 13.8 Å². The lowest BCUT2D eigenvalue weighted by Gasteiger charge is -2.10. The molecule has 0 aliphatic carbocycles. The van der Waals surface area contributed by atoms with E-state index >= 15 is 0 Å². The Morgan fingerprint density at radius 1 is 1.59 bits per heavy atom. The Bertz CT molecular complexity index is 451. The van der Waals surface area contributed by atoms with Gasteiger partial charge in [-0.25, -0.2) is 4.98 Å². The Morgan fingerprint density at radius 3 is 2.82 bits per heavy atom. The van der Waals surface area contributed by atoms with E-state index in [0.29, 0.717) is 12.2 Å². The van der Waals surface area contributed by atoms with Crippen molar-refractivity contribution in [2.75, 3.05) is 17.8 Å². The van der Waals surface area contributed by atoms with Crippen molar-refractivity contribution in [1.82, 2.24) is 4.98 Å². The summed E-state index contributed by atoms with van der Waals surface area (Å²) in [5.41, 5.74) is 0.200. The molecule has 17 heavy (non-hydrogen) atoms. The van der Waals surface area contributed by atoms with Crippen molar-refractivity contribution in [2.45, 2.75) is 4.58 Å². The topological polar surface area (TPSA) is 76.1 Å². The van der Waals surface area contributed by atoms with E-state index in [4.69, 9.17) is 0 Å². The van der Waals surface area contributed by atoms with Crippen molar-refractivity contribution < 1.29 is 13.8 Å². The highest BCUT2D eigenvalue weighted by atomic mass is 32.2. The first-order chi connectivity index (χ1) is 8.10. The van der Waals surface area contributed by atoms with Crippen LogP contribution in [0.5, 0.6) is 0 Å². The Morgan fingerprint density at radius 2 is 2.29 bits per heavy atom. The highest BCUT2D eigenvalue weighted by Crippen LogP contribution is 2.16. The second-order valence-corrected chi connectivity index (χ2v) is 5.81. The van der Waals surface area contributed by atoms with E-state index in [1.54, 1.807) is 18.4 Å². The molecule has 0 spiro atoms. The molecule has 92 valence electrons. The predicted molar refractivity (Wildman–Crippen MR) is 69.6 cm³/mol. The van der Waals surface area contributed by atoms with E-state index in [0.717, 1.165) is 0 Å². The number of thioether (sulfide) groups is 1. The third-order valence-electron chi connectivity index (χ3n) is 1.94. The third kappa shape index (κ3) is 3.64. The predicted octanol–water partition coefficient (Wildman–Crippen LogP) is 0.900.